The van der Waals surface area contributed by atoms with E-state index >= 15 is 0 Å². The van der Waals surface area contributed by atoms with Crippen molar-refractivity contribution in [1.82, 2.24) is 4.98 Å². The molecule has 1 aromatic rings. The molecule has 0 bridgehead atoms. The van der Waals surface area contributed by atoms with E-state index in [4.69, 9.17) is 0 Å². The van der Waals surface area contributed by atoms with Gasteiger partial charge in [0, 0.05) is 13.1 Å². The molecule has 0 unspecified atom stereocenters. The molecule has 0 aliphatic carbocycles. The monoisotopic (exact) mass is 194 g/mol. The van der Waals surface area contributed by atoms with Gasteiger partial charge in [-0.25, -0.2) is 9.78 Å². The number of aromatic nitrogens is 1. The molecule has 1 aromatic heterocycles. The highest BCUT2D eigenvalue weighted by Crippen LogP contribution is 2.11. The summed E-state index contributed by atoms with van der Waals surface area (Å²) >= 11 is 0. The van der Waals surface area contributed by atoms with Crippen LogP contribution in [0.1, 0.15) is 17.3 Å². The average molecular weight is 194 g/mol. The third kappa shape index (κ3) is 2.29. The van der Waals surface area contributed by atoms with Gasteiger partial charge in [0.05, 0.1) is 7.11 Å². The molecule has 0 aromatic carbocycles. The second-order valence-corrected chi connectivity index (χ2v) is 2.57. The number of ether oxygens (including phenoxy) is 1. The van der Waals surface area contributed by atoms with E-state index in [2.05, 4.69) is 15.0 Å². The van der Waals surface area contributed by atoms with Crippen LogP contribution in [0.3, 0.4) is 0 Å². The van der Waals surface area contributed by atoms with Crippen molar-refractivity contribution in [3.63, 3.8) is 0 Å². The number of hydrogen-bond donors (Lipinski definition) is 1. The van der Waals surface area contributed by atoms with Gasteiger partial charge in [-0.05, 0) is 12.1 Å². The molecule has 0 atom stereocenters. The normalized spacial score (nSPS) is 9.29. The first-order valence-corrected chi connectivity index (χ1v) is 3.96. The summed E-state index contributed by atoms with van der Waals surface area (Å²) in [4.78, 5) is 25.8. The maximum absolute atomic E-state index is 11.2. The molecule has 0 saturated carbocycles. The fourth-order valence-electron chi connectivity index (χ4n) is 0.946. The van der Waals surface area contributed by atoms with Gasteiger partial charge in [0.1, 0.15) is 11.4 Å². The van der Waals surface area contributed by atoms with Crippen molar-refractivity contribution in [2.24, 2.45) is 0 Å². The predicted molar refractivity (Wildman–Crippen MR) is 49.9 cm³/mol. The zero-order valence-corrected chi connectivity index (χ0v) is 7.90. The summed E-state index contributed by atoms with van der Waals surface area (Å²) in [5, 5.41) is 2.44. The molecule has 1 N–H and O–H groups in total. The van der Waals surface area contributed by atoms with E-state index in [1.807, 2.05) is 0 Å². The Labute approximate surface area is 81.1 Å². The van der Waals surface area contributed by atoms with E-state index in [9.17, 15) is 9.59 Å². The lowest BCUT2D eigenvalue weighted by Crippen LogP contribution is -2.13. The van der Waals surface area contributed by atoms with E-state index < -0.39 is 5.97 Å². The summed E-state index contributed by atoms with van der Waals surface area (Å²) in [6.45, 7) is 1.34. The molecule has 1 heterocycles. The highest BCUT2D eigenvalue weighted by Gasteiger charge is 2.12. The Hall–Kier alpha value is -1.91. The molecule has 0 aliphatic rings. The zero-order chi connectivity index (χ0) is 10.6. The van der Waals surface area contributed by atoms with E-state index in [1.165, 1.54) is 26.3 Å². The first-order valence-electron chi connectivity index (χ1n) is 3.96. The number of rotatable bonds is 2. The van der Waals surface area contributed by atoms with Gasteiger partial charge in [0.15, 0.2) is 0 Å². The van der Waals surface area contributed by atoms with Crippen LogP contribution in [-0.4, -0.2) is 24.0 Å². The maximum atomic E-state index is 11.2. The Morgan fingerprint density at radius 2 is 2.21 bits per heavy atom. The minimum absolute atomic E-state index is 0.215. The predicted octanol–water partition coefficient (Wildman–Crippen LogP) is 0.827. The standard InChI is InChI=1S/C9H10N2O3/c1-6(12)11-8-7(9(13)14-2)4-3-5-10-8/h3-5H,1-2H3,(H,10,11,12). The van der Waals surface area contributed by atoms with Gasteiger partial charge in [0.2, 0.25) is 5.91 Å². The van der Waals surface area contributed by atoms with E-state index in [0.717, 1.165) is 0 Å². The fraction of sp³-hybridized carbons (Fsp3) is 0.222. The van der Waals surface area contributed by atoms with Crippen molar-refractivity contribution in [3.8, 4) is 0 Å². The molecular formula is C9H10N2O3. The third-order valence-electron chi connectivity index (χ3n) is 1.51. The Kier molecular flexibility index (Phi) is 3.17. The Morgan fingerprint density at radius 3 is 2.79 bits per heavy atom. The summed E-state index contributed by atoms with van der Waals surface area (Å²) in [7, 11) is 1.27. The van der Waals surface area contributed by atoms with Crippen LogP contribution in [-0.2, 0) is 9.53 Å². The summed E-state index contributed by atoms with van der Waals surface area (Å²) < 4.78 is 4.53. The first kappa shape index (κ1) is 10.2. The second-order valence-electron chi connectivity index (χ2n) is 2.57. The van der Waals surface area contributed by atoms with E-state index in [0.29, 0.717) is 0 Å². The lowest BCUT2D eigenvalue weighted by Gasteiger charge is -2.05. The number of pyridine rings is 1. The fourth-order valence-corrected chi connectivity index (χ4v) is 0.946. The van der Waals surface area contributed by atoms with Gasteiger partial charge in [0.25, 0.3) is 0 Å². The van der Waals surface area contributed by atoms with E-state index in [-0.39, 0.29) is 17.3 Å². The molecule has 5 heteroatoms. The van der Waals surface area contributed by atoms with Gasteiger partial charge >= 0.3 is 5.97 Å². The lowest BCUT2D eigenvalue weighted by molar-refractivity contribution is -0.114. The molecule has 74 valence electrons. The largest absolute Gasteiger partial charge is 0.465 e. The van der Waals surface area contributed by atoms with Crippen LogP contribution >= 0.6 is 0 Å². The number of nitrogens with one attached hydrogen (secondary N) is 1. The topological polar surface area (TPSA) is 68.3 Å². The van der Waals surface area contributed by atoms with Gasteiger partial charge in [-0.2, -0.15) is 0 Å². The number of hydrogen-bond acceptors (Lipinski definition) is 4. The molecule has 0 fully saturated rings. The average Bonchev–Trinajstić information content (AvgIpc) is 2.16. The van der Waals surface area contributed by atoms with Crippen molar-refractivity contribution in [2.45, 2.75) is 6.92 Å². The van der Waals surface area contributed by atoms with Crippen molar-refractivity contribution in [2.75, 3.05) is 12.4 Å². The lowest BCUT2D eigenvalue weighted by atomic mass is 10.2. The van der Waals surface area contributed by atoms with Gasteiger partial charge in [-0.15, -0.1) is 0 Å². The summed E-state index contributed by atoms with van der Waals surface area (Å²) in [6, 6.07) is 3.13. The quantitative estimate of drug-likeness (QED) is 0.708. The van der Waals surface area contributed by atoms with Gasteiger partial charge in [-0.3, -0.25) is 4.79 Å². The Morgan fingerprint density at radius 1 is 1.50 bits per heavy atom. The number of carbonyl (C=O) groups is 2. The SMILES string of the molecule is COC(=O)c1cccnc1NC(C)=O. The van der Waals surface area contributed by atoms with Gasteiger partial charge in [-0.1, -0.05) is 0 Å². The minimum atomic E-state index is -0.526. The molecule has 0 radical (unpaired) electrons. The maximum Gasteiger partial charge on any atom is 0.341 e. The molecule has 0 aliphatic heterocycles. The number of nitrogens with zero attached hydrogens (tertiary/aromatic N) is 1. The summed E-state index contributed by atoms with van der Waals surface area (Å²) in [5.41, 5.74) is 0.241. The van der Waals surface area contributed by atoms with Crippen molar-refractivity contribution < 1.29 is 14.3 Å². The molecule has 1 amide bonds. The van der Waals surface area contributed by atoms with Crippen LogP contribution in [0, 0.1) is 0 Å². The third-order valence-corrected chi connectivity index (χ3v) is 1.51. The Balaban J connectivity index is 3.02. The molecule has 1 rings (SSSR count). The number of esters is 1. The molecule has 5 nitrogen and oxygen atoms in total. The first-order chi connectivity index (χ1) is 6.65. The number of amides is 1. The van der Waals surface area contributed by atoms with E-state index in [1.54, 1.807) is 6.07 Å². The van der Waals surface area contributed by atoms with Crippen LogP contribution in [0.5, 0.6) is 0 Å². The molecule has 0 spiro atoms. The van der Waals surface area contributed by atoms with Crippen LogP contribution in [0.15, 0.2) is 18.3 Å². The van der Waals surface area contributed by atoms with Crippen LogP contribution in [0.25, 0.3) is 0 Å². The van der Waals surface area contributed by atoms with Crippen LogP contribution in [0.4, 0.5) is 5.82 Å². The van der Waals surface area contributed by atoms with Crippen molar-refractivity contribution in [1.29, 1.82) is 0 Å². The molecule has 14 heavy (non-hydrogen) atoms. The number of methoxy groups -OCH3 is 1. The number of carbonyl (C=O) groups excluding carboxylic acids is 2. The Bertz CT molecular complexity index is 363. The van der Waals surface area contributed by atoms with Crippen molar-refractivity contribution in [3.05, 3.63) is 23.9 Å². The van der Waals surface area contributed by atoms with Gasteiger partial charge < -0.3 is 10.1 Å². The van der Waals surface area contributed by atoms with Crippen LogP contribution < -0.4 is 5.32 Å². The number of anilines is 1. The molecule has 0 saturated heterocycles. The second kappa shape index (κ2) is 4.36. The summed E-state index contributed by atoms with van der Waals surface area (Å²) in [5.74, 6) is -0.595. The van der Waals surface area contributed by atoms with Crippen molar-refractivity contribution >= 4 is 17.7 Å². The minimum Gasteiger partial charge on any atom is -0.465 e. The van der Waals surface area contributed by atoms with Crippen LogP contribution in [0.2, 0.25) is 0 Å². The summed E-state index contributed by atoms with van der Waals surface area (Å²) in [6.07, 6.45) is 1.48. The molecular weight excluding hydrogens is 184 g/mol. The highest BCUT2D eigenvalue weighted by molar-refractivity contribution is 5.99. The highest BCUT2D eigenvalue weighted by atomic mass is 16.5. The smallest absolute Gasteiger partial charge is 0.341 e. The zero-order valence-electron chi connectivity index (χ0n) is 7.90.